The number of hydrogen-bond acceptors (Lipinski definition) is 1. The third kappa shape index (κ3) is 2.77. The maximum atomic E-state index is 3.81. The zero-order valence-electron chi connectivity index (χ0n) is 12.1. The highest BCUT2D eigenvalue weighted by Gasteiger charge is 2.38. The molecule has 0 spiro atoms. The zero-order chi connectivity index (χ0) is 13.0. The third-order valence-electron chi connectivity index (χ3n) is 4.53. The van der Waals surface area contributed by atoms with Crippen molar-refractivity contribution in [1.29, 1.82) is 0 Å². The molecular weight excluding hydrogens is 218 g/mol. The molecule has 1 aliphatic carbocycles. The number of rotatable bonds is 6. The second-order valence-corrected chi connectivity index (χ2v) is 6.21. The van der Waals surface area contributed by atoms with Crippen LogP contribution >= 0.6 is 0 Å². The lowest BCUT2D eigenvalue weighted by molar-refractivity contribution is 0.165. The molecule has 0 aliphatic heterocycles. The van der Waals surface area contributed by atoms with E-state index < -0.39 is 0 Å². The van der Waals surface area contributed by atoms with Crippen molar-refractivity contribution in [2.24, 2.45) is 5.92 Å². The van der Waals surface area contributed by atoms with Crippen LogP contribution in [0.2, 0.25) is 0 Å². The molecule has 1 unspecified atom stereocenters. The van der Waals surface area contributed by atoms with Crippen LogP contribution in [0, 0.1) is 5.92 Å². The van der Waals surface area contributed by atoms with Crippen molar-refractivity contribution in [2.45, 2.75) is 57.9 Å². The lowest BCUT2D eigenvalue weighted by Gasteiger charge is -2.44. The fraction of sp³-hybridized carbons (Fsp3) is 0.647. The van der Waals surface area contributed by atoms with Gasteiger partial charge in [0, 0.05) is 11.5 Å². The zero-order valence-corrected chi connectivity index (χ0v) is 12.1. The van der Waals surface area contributed by atoms with E-state index in [-0.39, 0.29) is 5.41 Å². The Morgan fingerprint density at radius 1 is 1.22 bits per heavy atom. The molecule has 1 aromatic carbocycles. The van der Waals surface area contributed by atoms with E-state index in [0.717, 1.165) is 12.5 Å². The number of benzene rings is 1. The first kappa shape index (κ1) is 13.6. The van der Waals surface area contributed by atoms with Crippen LogP contribution in [0.3, 0.4) is 0 Å². The predicted molar refractivity (Wildman–Crippen MR) is 78.9 cm³/mol. The molecule has 0 bridgehead atoms. The fourth-order valence-corrected chi connectivity index (χ4v) is 3.13. The largest absolute Gasteiger partial charge is 0.313 e. The molecule has 18 heavy (non-hydrogen) atoms. The Morgan fingerprint density at radius 2 is 1.89 bits per heavy atom. The molecule has 2 rings (SSSR count). The molecule has 100 valence electrons. The van der Waals surface area contributed by atoms with Crippen LogP contribution in [0.1, 0.15) is 52.0 Å². The van der Waals surface area contributed by atoms with Gasteiger partial charge in [0.2, 0.25) is 0 Å². The van der Waals surface area contributed by atoms with E-state index in [1.54, 1.807) is 0 Å². The third-order valence-corrected chi connectivity index (χ3v) is 4.53. The van der Waals surface area contributed by atoms with Crippen molar-refractivity contribution >= 4 is 0 Å². The molecule has 1 atom stereocenters. The van der Waals surface area contributed by atoms with Crippen molar-refractivity contribution in [3.05, 3.63) is 35.9 Å². The normalized spacial score (nSPS) is 18.4. The van der Waals surface area contributed by atoms with E-state index >= 15 is 0 Å². The Hall–Kier alpha value is -0.820. The predicted octanol–water partition coefficient (Wildman–Crippen LogP) is 4.13. The highest BCUT2D eigenvalue weighted by Crippen LogP contribution is 2.39. The summed E-state index contributed by atoms with van der Waals surface area (Å²) in [5.41, 5.74) is 1.69. The summed E-state index contributed by atoms with van der Waals surface area (Å²) >= 11 is 0. The maximum Gasteiger partial charge on any atom is 0.0187 e. The van der Waals surface area contributed by atoms with Gasteiger partial charge in [-0.2, -0.15) is 0 Å². The van der Waals surface area contributed by atoms with Crippen LogP contribution in [0.5, 0.6) is 0 Å². The minimum atomic E-state index is 0.224. The van der Waals surface area contributed by atoms with Crippen molar-refractivity contribution < 1.29 is 0 Å². The van der Waals surface area contributed by atoms with Gasteiger partial charge in [0.1, 0.15) is 0 Å². The molecule has 1 fully saturated rings. The van der Waals surface area contributed by atoms with E-state index in [1.165, 1.54) is 31.2 Å². The van der Waals surface area contributed by atoms with E-state index in [2.05, 4.69) is 56.4 Å². The standard InChI is InChI=1S/C17H27N/c1-4-13-18-16(14-9-8-10-14)17(2,3)15-11-6-5-7-12-15/h5-7,11-12,14,16,18H,4,8-10,13H2,1-3H3. The smallest absolute Gasteiger partial charge is 0.0187 e. The molecular formula is C17H27N. The maximum absolute atomic E-state index is 3.81. The van der Waals surface area contributed by atoms with Crippen molar-refractivity contribution in [3.63, 3.8) is 0 Å². The number of hydrogen-bond donors (Lipinski definition) is 1. The Bertz CT molecular complexity index is 351. The molecule has 1 N–H and O–H groups in total. The second kappa shape index (κ2) is 5.88. The molecule has 1 saturated carbocycles. The quantitative estimate of drug-likeness (QED) is 0.794. The highest BCUT2D eigenvalue weighted by atomic mass is 14.9. The Kier molecular flexibility index (Phi) is 4.45. The van der Waals surface area contributed by atoms with E-state index in [1.807, 2.05) is 0 Å². The van der Waals surface area contributed by atoms with Gasteiger partial charge in [0.05, 0.1) is 0 Å². The monoisotopic (exact) mass is 245 g/mol. The van der Waals surface area contributed by atoms with Crippen LogP contribution in [-0.4, -0.2) is 12.6 Å². The van der Waals surface area contributed by atoms with Gasteiger partial charge in [0.15, 0.2) is 0 Å². The topological polar surface area (TPSA) is 12.0 Å². The molecule has 0 saturated heterocycles. The summed E-state index contributed by atoms with van der Waals surface area (Å²) in [6, 6.07) is 11.6. The minimum Gasteiger partial charge on any atom is -0.313 e. The summed E-state index contributed by atoms with van der Waals surface area (Å²) < 4.78 is 0. The van der Waals surface area contributed by atoms with Crippen LogP contribution < -0.4 is 5.32 Å². The Morgan fingerprint density at radius 3 is 2.39 bits per heavy atom. The summed E-state index contributed by atoms with van der Waals surface area (Å²) in [4.78, 5) is 0. The first-order valence-corrected chi connectivity index (χ1v) is 7.45. The second-order valence-electron chi connectivity index (χ2n) is 6.21. The molecule has 1 aliphatic rings. The molecule has 1 aromatic rings. The average Bonchev–Trinajstić information content (AvgIpc) is 2.33. The lowest BCUT2D eigenvalue weighted by Crippen LogP contribution is -2.51. The average molecular weight is 245 g/mol. The summed E-state index contributed by atoms with van der Waals surface area (Å²) in [5.74, 6) is 0.867. The van der Waals surface area contributed by atoms with Crippen molar-refractivity contribution in [3.8, 4) is 0 Å². The van der Waals surface area contributed by atoms with E-state index in [4.69, 9.17) is 0 Å². The van der Waals surface area contributed by atoms with Gasteiger partial charge in [-0.25, -0.2) is 0 Å². The molecule has 0 radical (unpaired) electrons. The van der Waals surface area contributed by atoms with Gasteiger partial charge in [-0.1, -0.05) is 57.5 Å². The first-order valence-electron chi connectivity index (χ1n) is 7.45. The SMILES string of the molecule is CCCNC(C1CCC1)C(C)(C)c1ccccc1. The summed E-state index contributed by atoms with van der Waals surface area (Å²) in [5, 5.41) is 3.81. The fourth-order valence-electron chi connectivity index (χ4n) is 3.13. The van der Waals surface area contributed by atoms with Crippen LogP contribution in [0.25, 0.3) is 0 Å². The van der Waals surface area contributed by atoms with E-state index in [0.29, 0.717) is 6.04 Å². The molecule has 1 heteroatoms. The van der Waals surface area contributed by atoms with Gasteiger partial charge in [-0.15, -0.1) is 0 Å². The molecule has 1 nitrogen and oxygen atoms in total. The Balaban J connectivity index is 2.17. The van der Waals surface area contributed by atoms with Gasteiger partial charge in [0.25, 0.3) is 0 Å². The van der Waals surface area contributed by atoms with Crippen molar-refractivity contribution in [1.82, 2.24) is 5.32 Å². The minimum absolute atomic E-state index is 0.224. The lowest BCUT2D eigenvalue weighted by atomic mass is 9.66. The van der Waals surface area contributed by atoms with Gasteiger partial charge < -0.3 is 5.32 Å². The van der Waals surface area contributed by atoms with Crippen LogP contribution in [0.4, 0.5) is 0 Å². The van der Waals surface area contributed by atoms with Gasteiger partial charge in [-0.3, -0.25) is 0 Å². The molecule has 0 heterocycles. The van der Waals surface area contributed by atoms with Gasteiger partial charge >= 0.3 is 0 Å². The summed E-state index contributed by atoms with van der Waals surface area (Å²) in [7, 11) is 0. The summed E-state index contributed by atoms with van der Waals surface area (Å²) in [6.07, 6.45) is 5.43. The first-order chi connectivity index (χ1) is 8.66. The van der Waals surface area contributed by atoms with Gasteiger partial charge in [-0.05, 0) is 37.3 Å². The molecule has 0 aromatic heterocycles. The van der Waals surface area contributed by atoms with Crippen molar-refractivity contribution in [2.75, 3.05) is 6.54 Å². The van der Waals surface area contributed by atoms with Crippen LogP contribution in [-0.2, 0) is 5.41 Å². The Labute approximate surface area is 112 Å². The highest BCUT2D eigenvalue weighted by molar-refractivity contribution is 5.26. The van der Waals surface area contributed by atoms with Crippen LogP contribution in [0.15, 0.2) is 30.3 Å². The number of nitrogens with one attached hydrogen (secondary N) is 1. The summed E-state index contributed by atoms with van der Waals surface area (Å²) in [6.45, 7) is 8.18. The van der Waals surface area contributed by atoms with E-state index in [9.17, 15) is 0 Å². The molecule has 0 amide bonds.